The van der Waals surface area contributed by atoms with E-state index in [0.717, 1.165) is 35.2 Å². The predicted octanol–water partition coefficient (Wildman–Crippen LogP) is 9.21. The van der Waals surface area contributed by atoms with Gasteiger partial charge in [0.25, 0.3) is 0 Å². The molecule has 6 aromatic rings. The molecule has 0 unspecified atom stereocenters. The number of ether oxygens (including phenoxy) is 5. The molecule has 0 saturated carbocycles. The monoisotopic (exact) mass is 806 g/mol. The lowest BCUT2D eigenvalue weighted by Crippen LogP contribution is -2.64. The van der Waals surface area contributed by atoms with Crippen molar-refractivity contribution < 1.29 is 23.7 Å². The Hall–Kier alpha value is -4.58. The van der Waals surface area contributed by atoms with Gasteiger partial charge in [-0.25, -0.2) is 0 Å². The van der Waals surface area contributed by atoms with Crippen LogP contribution in [0.1, 0.15) is 34.4 Å². The van der Waals surface area contributed by atoms with Gasteiger partial charge < -0.3 is 23.7 Å². The molecular weight excluding hydrogens is 759 g/mol. The minimum Gasteiger partial charge on any atom is -0.487 e. The first-order valence-electron chi connectivity index (χ1n) is 19.4. The van der Waals surface area contributed by atoms with Crippen molar-refractivity contribution in [3.05, 3.63) is 184 Å². The summed E-state index contributed by atoms with van der Waals surface area (Å²) in [5, 5.41) is 9.66. The molecule has 1 saturated heterocycles. The summed E-state index contributed by atoms with van der Waals surface area (Å²) in [6.45, 7) is 4.56. The Labute approximate surface area is 345 Å². The predicted molar refractivity (Wildman–Crippen MR) is 222 cm³/mol. The molecule has 2 heterocycles. The Balaban J connectivity index is 1.10. The largest absolute Gasteiger partial charge is 0.487 e. The van der Waals surface area contributed by atoms with Crippen LogP contribution in [-0.2, 0) is 58.5 Å². The van der Waals surface area contributed by atoms with Crippen LogP contribution in [-0.4, -0.2) is 63.9 Å². The number of benzene rings is 5. The standard InChI is InChI=1S/C46H48Cl2N4O5/c47-41-23-22-40(26-42(41)48)54-33-39-27-52(50-49-39)25-13-24-51-28-44(55-30-36-16-7-2-8-17-36)46(57-32-38-20-11-4-12-21-38)45(56-31-37-18-9-3-10-19-37)43(51)34-53-29-35-14-5-1-6-15-35/h1-12,14-23,26-27,43-46H,13,24-25,28-34H2/t43-,44+,45-,46-/m1/s1. The number of nitrogens with zero attached hydrogens (tertiary/aromatic N) is 4. The molecule has 1 aromatic heterocycles. The van der Waals surface area contributed by atoms with Crippen molar-refractivity contribution in [2.75, 3.05) is 19.7 Å². The normalized spacial score (nSPS) is 18.4. The van der Waals surface area contributed by atoms with E-state index in [9.17, 15) is 0 Å². The van der Waals surface area contributed by atoms with Gasteiger partial charge in [0.2, 0.25) is 0 Å². The zero-order valence-corrected chi connectivity index (χ0v) is 33.3. The number of aryl methyl sites for hydroxylation is 1. The third kappa shape index (κ3) is 12.2. The van der Waals surface area contributed by atoms with Crippen LogP contribution >= 0.6 is 23.2 Å². The van der Waals surface area contributed by atoms with Crippen LogP contribution in [0.3, 0.4) is 0 Å². The van der Waals surface area contributed by atoms with Gasteiger partial charge in [0, 0.05) is 25.7 Å². The van der Waals surface area contributed by atoms with Crippen molar-refractivity contribution in [1.29, 1.82) is 0 Å². The highest BCUT2D eigenvalue weighted by Gasteiger charge is 2.46. The quantitative estimate of drug-likeness (QED) is 0.0756. The van der Waals surface area contributed by atoms with Crippen molar-refractivity contribution in [3.63, 3.8) is 0 Å². The number of piperidine rings is 1. The molecule has 9 nitrogen and oxygen atoms in total. The molecule has 0 spiro atoms. The lowest BCUT2D eigenvalue weighted by molar-refractivity contribution is -0.210. The molecule has 5 aromatic carbocycles. The second-order valence-electron chi connectivity index (χ2n) is 14.1. The molecule has 296 valence electrons. The van der Waals surface area contributed by atoms with Gasteiger partial charge in [0.1, 0.15) is 30.3 Å². The van der Waals surface area contributed by atoms with Gasteiger partial charge in [-0.1, -0.05) is 150 Å². The van der Waals surface area contributed by atoms with E-state index >= 15 is 0 Å². The first-order chi connectivity index (χ1) is 28.1. The Morgan fingerprint density at radius 1 is 0.579 bits per heavy atom. The molecule has 0 N–H and O–H groups in total. The van der Waals surface area contributed by atoms with E-state index in [1.54, 1.807) is 18.2 Å². The van der Waals surface area contributed by atoms with E-state index in [1.165, 1.54) is 0 Å². The number of aromatic nitrogens is 3. The van der Waals surface area contributed by atoms with Crippen molar-refractivity contribution in [1.82, 2.24) is 19.9 Å². The summed E-state index contributed by atoms with van der Waals surface area (Å²) in [6, 6.07) is 46.1. The third-order valence-electron chi connectivity index (χ3n) is 9.93. The summed E-state index contributed by atoms with van der Waals surface area (Å²) in [5.41, 5.74) is 5.12. The van der Waals surface area contributed by atoms with E-state index in [4.69, 9.17) is 46.9 Å². The lowest BCUT2D eigenvalue weighted by atomic mass is 9.92. The van der Waals surface area contributed by atoms with Gasteiger partial charge in [-0.15, -0.1) is 5.10 Å². The molecule has 1 aliphatic rings. The molecular formula is C46H48Cl2N4O5. The number of hydrogen-bond donors (Lipinski definition) is 0. The van der Waals surface area contributed by atoms with Crippen molar-refractivity contribution in [3.8, 4) is 5.75 Å². The molecule has 1 aliphatic heterocycles. The lowest BCUT2D eigenvalue weighted by Gasteiger charge is -2.48. The number of hydrogen-bond acceptors (Lipinski definition) is 8. The highest BCUT2D eigenvalue weighted by Crippen LogP contribution is 2.30. The van der Waals surface area contributed by atoms with Crippen molar-refractivity contribution >= 4 is 23.2 Å². The first kappa shape index (κ1) is 40.6. The maximum atomic E-state index is 6.96. The molecule has 0 radical (unpaired) electrons. The average Bonchev–Trinajstić information content (AvgIpc) is 3.71. The zero-order chi connectivity index (χ0) is 39.1. The number of halogens is 2. The molecule has 57 heavy (non-hydrogen) atoms. The van der Waals surface area contributed by atoms with Gasteiger partial charge >= 0.3 is 0 Å². The van der Waals surface area contributed by atoms with Crippen molar-refractivity contribution in [2.45, 2.75) is 70.4 Å². The van der Waals surface area contributed by atoms with Crippen LogP contribution in [0.25, 0.3) is 0 Å². The van der Waals surface area contributed by atoms with Gasteiger partial charge in [-0.3, -0.25) is 9.58 Å². The summed E-state index contributed by atoms with van der Waals surface area (Å²) in [5.74, 6) is 0.615. The van der Waals surface area contributed by atoms with E-state index in [2.05, 4.69) is 63.7 Å². The Bertz CT molecular complexity index is 2060. The smallest absolute Gasteiger partial charge is 0.134 e. The molecule has 0 amide bonds. The maximum Gasteiger partial charge on any atom is 0.134 e. The Kier molecular flexibility index (Phi) is 15.1. The van der Waals surface area contributed by atoms with Crippen LogP contribution in [0.5, 0.6) is 5.75 Å². The van der Waals surface area contributed by atoms with E-state index < -0.39 is 0 Å². The number of rotatable bonds is 20. The van der Waals surface area contributed by atoms with Gasteiger partial charge in [-0.05, 0) is 40.8 Å². The summed E-state index contributed by atoms with van der Waals surface area (Å²) >= 11 is 12.2. The van der Waals surface area contributed by atoms with Crippen LogP contribution < -0.4 is 4.74 Å². The zero-order valence-electron chi connectivity index (χ0n) is 31.8. The number of likely N-dealkylation sites (tertiary alicyclic amines) is 1. The minimum atomic E-state index is -0.368. The Morgan fingerprint density at radius 3 is 1.74 bits per heavy atom. The second kappa shape index (κ2) is 21.3. The van der Waals surface area contributed by atoms with Crippen LogP contribution in [0.15, 0.2) is 146 Å². The van der Waals surface area contributed by atoms with Crippen molar-refractivity contribution in [2.24, 2.45) is 0 Å². The first-order valence-corrected chi connectivity index (χ1v) is 20.1. The highest BCUT2D eigenvalue weighted by molar-refractivity contribution is 6.42. The topological polar surface area (TPSA) is 80.1 Å². The van der Waals surface area contributed by atoms with Crippen LogP contribution in [0.2, 0.25) is 10.0 Å². The molecule has 4 atom stereocenters. The van der Waals surface area contributed by atoms with Crippen LogP contribution in [0.4, 0.5) is 0 Å². The summed E-state index contributed by atoms with van der Waals surface area (Å²) in [6.07, 6.45) is 1.71. The van der Waals surface area contributed by atoms with Gasteiger partial charge in [0.15, 0.2) is 0 Å². The molecule has 0 bridgehead atoms. The van der Waals surface area contributed by atoms with E-state index in [-0.39, 0.29) is 31.0 Å². The average molecular weight is 808 g/mol. The van der Waals surface area contributed by atoms with E-state index in [1.807, 2.05) is 83.7 Å². The second-order valence-corrected chi connectivity index (χ2v) is 14.9. The fourth-order valence-corrected chi connectivity index (χ4v) is 7.27. The fraction of sp³-hybridized carbons (Fsp3) is 0.304. The molecule has 11 heteroatoms. The van der Waals surface area contributed by atoms with Gasteiger partial charge in [-0.2, -0.15) is 0 Å². The molecule has 7 rings (SSSR count). The molecule has 0 aliphatic carbocycles. The summed E-state index contributed by atoms with van der Waals surface area (Å²) in [7, 11) is 0. The third-order valence-corrected chi connectivity index (χ3v) is 10.7. The maximum absolute atomic E-state index is 6.96. The van der Waals surface area contributed by atoms with Gasteiger partial charge in [0.05, 0.1) is 61.4 Å². The minimum absolute atomic E-state index is 0.124. The van der Waals surface area contributed by atoms with Crippen LogP contribution in [0, 0.1) is 0 Å². The SMILES string of the molecule is Clc1ccc(OCc2cn(CCCN3C[C@H](OCc4ccccc4)[C@@H](OCc4ccccc4)[C@H](OCc4ccccc4)[C@H]3COCc3ccccc3)nn2)cc1Cl. The molecule has 1 fully saturated rings. The fourth-order valence-electron chi connectivity index (χ4n) is 6.98. The summed E-state index contributed by atoms with van der Waals surface area (Å²) in [4.78, 5) is 2.45. The Morgan fingerprint density at radius 2 is 1.14 bits per heavy atom. The highest BCUT2D eigenvalue weighted by atomic mass is 35.5. The summed E-state index contributed by atoms with van der Waals surface area (Å²) < 4.78 is 34.9. The van der Waals surface area contributed by atoms with E-state index in [0.29, 0.717) is 67.6 Å².